The van der Waals surface area contributed by atoms with Crippen LogP contribution in [0.1, 0.15) is 31.4 Å². The zero-order valence-electron chi connectivity index (χ0n) is 18.6. The Hall–Kier alpha value is -3.38. The van der Waals surface area contributed by atoms with Crippen molar-refractivity contribution in [2.75, 3.05) is 11.1 Å². The molecule has 1 atom stereocenters. The summed E-state index contributed by atoms with van der Waals surface area (Å²) in [5.41, 5.74) is 4.09. The van der Waals surface area contributed by atoms with E-state index in [1.807, 2.05) is 60.7 Å². The van der Waals surface area contributed by atoms with E-state index in [4.69, 9.17) is 4.98 Å². The number of benzene rings is 3. The number of carbonyl (C=O) groups is 1. The van der Waals surface area contributed by atoms with E-state index in [1.165, 1.54) is 17.3 Å². The number of H-pyrrole nitrogens is 1. The number of aromatic amines is 1. The van der Waals surface area contributed by atoms with Gasteiger partial charge in [-0.15, -0.1) is 0 Å². The van der Waals surface area contributed by atoms with Crippen molar-refractivity contribution in [2.45, 2.75) is 37.3 Å². The van der Waals surface area contributed by atoms with Gasteiger partial charge in [0.05, 0.1) is 11.4 Å². The fourth-order valence-electron chi connectivity index (χ4n) is 4.65. The number of hydrogen-bond acceptors (Lipinski definition) is 4. The molecular formula is C27H25N3O2S. The summed E-state index contributed by atoms with van der Waals surface area (Å²) in [6.45, 7) is 4.24. The average molecular weight is 456 g/mol. The van der Waals surface area contributed by atoms with E-state index in [-0.39, 0.29) is 22.6 Å². The molecule has 1 heterocycles. The maximum atomic E-state index is 13.1. The van der Waals surface area contributed by atoms with Gasteiger partial charge < -0.3 is 10.3 Å². The van der Waals surface area contributed by atoms with E-state index in [0.29, 0.717) is 5.16 Å². The van der Waals surface area contributed by atoms with Gasteiger partial charge in [-0.3, -0.25) is 9.59 Å². The number of anilines is 1. The molecule has 0 radical (unpaired) electrons. The van der Waals surface area contributed by atoms with Gasteiger partial charge >= 0.3 is 0 Å². The molecule has 4 aromatic rings. The minimum Gasteiger partial charge on any atom is -0.325 e. The number of rotatable bonds is 5. The van der Waals surface area contributed by atoms with Crippen LogP contribution in [0, 0.1) is 0 Å². The molecule has 0 spiro atoms. The number of aromatic nitrogens is 2. The Morgan fingerprint density at radius 1 is 1.09 bits per heavy atom. The predicted molar refractivity (Wildman–Crippen MR) is 135 cm³/mol. The van der Waals surface area contributed by atoms with Crippen LogP contribution in [-0.4, -0.2) is 21.6 Å². The molecule has 0 bridgehead atoms. The van der Waals surface area contributed by atoms with Crippen LogP contribution >= 0.6 is 11.8 Å². The lowest BCUT2D eigenvalue weighted by Crippen LogP contribution is -2.36. The highest BCUT2D eigenvalue weighted by Crippen LogP contribution is 2.42. The maximum Gasteiger partial charge on any atom is 0.255 e. The van der Waals surface area contributed by atoms with Crippen molar-refractivity contribution in [3.8, 4) is 11.3 Å². The molecule has 3 aromatic carbocycles. The Bertz CT molecular complexity index is 1420. The lowest BCUT2D eigenvalue weighted by molar-refractivity contribution is -0.113. The van der Waals surface area contributed by atoms with Crippen LogP contribution in [0.3, 0.4) is 0 Å². The second-order valence-corrected chi connectivity index (χ2v) is 9.67. The molecule has 1 aromatic heterocycles. The zero-order chi connectivity index (χ0) is 23.0. The fraction of sp³-hybridized carbons (Fsp3) is 0.222. The van der Waals surface area contributed by atoms with E-state index in [0.717, 1.165) is 46.1 Å². The first-order valence-electron chi connectivity index (χ1n) is 11.1. The topological polar surface area (TPSA) is 74.8 Å². The van der Waals surface area contributed by atoms with Gasteiger partial charge in [0.1, 0.15) is 0 Å². The van der Waals surface area contributed by atoms with Crippen LogP contribution in [0.25, 0.3) is 22.0 Å². The van der Waals surface area contributed by atoms with Gasteiger partial charge in [-0.1, -0.05) is 86.3 Å². The lowest BCUT2D eigenvalue weighted by Gasteiger charge is -2.34. The van der Waals surface area contributed by atoms with E-state index in [1.54, 1.807) is 0 Å². The Kier molecular flexibility index (Phi) is 5.54. The number of fused-ring (bicyclic) bond motifs is 4. The molecule has 1 amide bonds. The van der Waals surface area contributed by atoms with Crippen molar-refractivity contribution in [2.24, 2.45) is 0 Å². The summed E-state index contributed by atoms with van der Waals surface area (Å²) < 4.78 is 0. The Labute approximate surface area is 196 Å². The Balaban J connectivity index is 1.41. The van der Waals surface area contributed by atoms with E-state index >= 15 is 0 Å². The van der Waals surface area contributed by atoms with Gasteiger partial charge in [0, 0.05) is 27.6 Å². The largest absolute Gasteiger partial charge is 0.325 e. The summed E-state index contributed by atoms with van der Waals surface area (Å²) in [4.78, 5) is 33.6. The van der Waals surface area contributed by atoms with Crippen LogP contribution < -0.4 is 10.9 Å². The molecule has 33 heavy (non-hydrogen) atoms. The normalized spacial score (nSPS) is 16.8. The monoisotopic (exact) mass is 455 g/mol. The second-order valence-electron chi connectivity index (χ2n) is 8.71. The van der Waals surface area contributed by atoms with Crippen molar-refractivity contribution >= 4 is 34.1 Å². The van der Waals surface area contributed by atoms with Crippen molar-refractivity contribution in [3.63, 3.8) is 0 Å². The molecule has 5 nitrogen and oxygen atoms in total. The molecule has 0 aliphatic heterocycles. The van der Waals surface area contributed by atoms with Gasteiger partial charge in [-0.25, -0.2) is 4.98 Å². The molecule has 0 fully saturated rings. The van der Waals surface area contributed by atoms with Crippen LogP contribution in [0.15, 0.2) is 76.7 Å². The smallest absolute Gasteiger partial charge is 0.255 e. The molecule has 1 aliphatic rings. The predicted octanol–water partition coefficient (Wildman–Crippen LogP) is 5.54. The van der Waals surface area contributed by atoms with Crippen molar-refractivity contribution < 1.29 is 4.79 Å². The highest BCUT2D eigenvalue weighted by atomic mass is 32.2. The summed E-state index contributed by atoms with van der Waals surface area (Å²) in [6.07, 6.45) is 1.66. The number of thioether (sulfide) groups is 1. The standard InChI is InChI=1S/C27H25N3O2S/c1-3-27(2)15-18-10-5-7-13-20(18)24-23(27)25(32)30-26(29-24)33-16-22(31)28-21-14-8-11-17-9-4-6-12-19(17)21/h4-14H,3,15-16H2,1-2H3,(H,28,31)(H,29,30,32)/t27-/m0/s1. The van der Waals surface area contributed by atoms with Gasteiger partial charge in [-0.05, 0) is 29.9 Å². The summed E-state index contributed by atoms with van der Waals surface area (Å²) in [5, 5.41) is 5.52. The summed E-state index contributed by atoms with van der Waals surface area (Å²) in [7, 11) is 0. The highest BCUT2D eigenvalue weighted by molar-refractivity contribution is 7.99. The minimum atomic E-state index is -0.265. The number of amides is 1. The SMILES string of the molecule is CC[C@@]1(C)Cc2ccccc2-c2nc(SCC(=O)Nc3cccc4ccccc34)[nH]c(=O)c21. The maximum absolute atomic E-state index is 13.1. The fourth-order valence-corrected chi connectivity index (χ4v) is 5.31. The molecule has 0 saturated heterocycles. The van der Waals surface area contributed by atoms with Crippen LogP contribution in [0.4, 0.5) is 5.69 Å². The minimum absolute atomic E-state index is 0.115. The van der Waals surface area contributed by atoms with Crippen LogP contribution in [0.2, 0.25) is 0 Å². The molecule has 166 valence electrons. The molecule has 0 unspecified atom stereocenters. The van der Waals surface area contributed by atoms with Gasteiger partial charge in [0.2, 0.25) is 5.91 Å². The third-order valence-electron chi connectivity index (χ3n) is 6.54. The zero-order valence-corrected chi connectivity index (χ0v) is 19.5. The van der Waals surface area contributed by atoms with E-state index < -0.39 is 0 Å². The first-order valence-corrected chi connectivity index (χ1v) is 12.1. The Morgan fingerprint density at radius 3 is 2.70 bits per heavy atom. The quantitative estimate of drug-likeness (QED) is 0.306. The van der Waals surface area contributed by atoms with Crippen molar-refractivity contribution in [1.82, 2.24) is 9.97 Å². The Morgan fingerprint density at radius 2 is 1.85 bits per heavy atom. The molecule has 5 rings (SSSR count). The molecule has 2 N–H and O–H groups in total. The number of nitrogens with one attached hydrogen (secondary N) is 2. The summed E-state index contributed by atoms with van der Waals surface area (Å²) in [6, 6.07) is 21.9. The summed E-state index contributed by atoms with van der Waals surface area (Å²) in [5.74, 6) is 0.00740. The van der Waals surface area contributed by atoms with Crippen LogP contribution in [0.5, 0.6) is 0 Å². The number of nitrogens with zero attached hydrogens (tertiary/aromatic N) is 1. The van der Waals surface area contributed by atoms with Crippen molar-refractivity contribution in [3.05, 3.63) is 88.2 Å². The van der Waals surface area contributed by atoms with E-state index in [2.05, 4.69) is 30.2 Å². The molecule has 1 aliphatic carbocycles. The van der Waals surface area contributed by atoms with Gasteiger partial charge in [-0.2, -0.15) is 0 Å². The molecular weight excluding hydrogens is 430 g/mol. The third kappa shape index (κ3) is 3.95. The lowest BCUT2D eigenvalue weighted by atomic mass is 9.69. The summed E-state index contributed by atoms with van der Waals surface area (Å²) >= 11 is 1.24. The van der Waals surface area contributed by atoms with Gasteiger partial charge in [0.15, 0.2) is 5.16 Å². The third-order valence-corrected chi connectivity index (χ3v) is 7.41. The molecule has 0 saturated carbocycles. The molecule has 6 heteroatoms. The number of hydrogen-bond donors (Lipinski definition) is 2. The van der Waals surface area contributed by atoms with E-state index in [9.17, 15) is 9.59 Å². The first kappa shape index (κ1) is 21.5. The first-order chi connectivity index (χ1) is 16.0. The highest BCUT2D eigenvalue weighted by Gasteiger charge is 2.37. The number of carbonyl (C=O) groups excluding carboxylic acids is 1. The van der Waals surface area contributed by atoms with Crippen molar-refractivity contribution in [1.29, 1.82) is 0 Å². The van der Waals surface area contributed by atoms with Crippen LogP contribution in [-0.2, 0) is 16.6 Å². The average Bonchev–Trinajstić information content (AvgIpc) is 2.83. The van der Waals surface area contributed by atoms with Gasteiger partial charge in [0.25, 0.3) is 5.56 Å². The second kappa shape index (κ2) is 8.52.